The third-order valence-corrected chi connectivity index (χ3v) is 5.60. The lowest BCUT2D eigenvalue weighted by Crippen LogP contribution is -2.41. The van der Waals surface area contributed by atoms with Crippen LogP contribution in [0.2, 0.25) is 0 Å². The van der Waals surface area contributed by atoms with Crippen LogP contribution >= 0.6 is 0 Å². The third kappa shape index (κ3) is 3.68. The Morgan fingerprint density at radius 1 is 1.18 bits per heavy atom. The lowest BCUT2D eigenvalue weighted by atomic mass is 10.0. The Kier molecular flexibility index (Phi) is 5.20. The molecule has 1 saturated heterocycles. The van der Waals surface area contributed by atoms with Gasteiger partial charge in [-0.3, -0.25) is 9.78 Å². The molecule has 1 atom stereocenters. The summed E-state index contributed by atoms with van der Waals surface area (Å²) in [6.45, 7) is 9.40. The molecule has 1 unspecified atom stereocenters. The summed E-state index contributed by atoms with van der Waals surface area (Å²) in [6.07, 6.45) is 1.10. The number of carbonyl (C=O) groups excluding carboxylic acids is 1. The van der Waals surface area contributed by atoms with Gasteiger partial charge in [0.15, 0.2) is 0 Å². The maximum atomic E-state index is 12.9. The van der Waals surface area contributed by atoms with E-state index in [0.29, 0.717) is 18.9 Å². The van der Waals surface area contributed by atoms with Crippen molar-refractivity contribution in [1.82, 2.24) is 9.88 Å². The second-order valence-electron chi connectivity index (χ2n) is 8.00. The normalized spacial score (nSPS) is 20.3. The number of hydrogen-bond acceptors (Lipinski definition) is 5. The first-order valence-corrected chi connectivity index (χ1v) is 10.2. The minimum Gasteiger partial charge on any atom is -0.382 e. The van der Waals surface area contributed by atoms with E-state index >= 15 is 0 Å². The summed E-state index contributed by atoms with van der Waals surface area (Å²) in [4.78, 5) is 27.4. The molecule has 6 nitrogen and oxygen atoms in total. The van der Waals surface area contributed by atoms with Gasteiger partial charge >= 0.3 is 0 Å². The Hall–Kier alpha value is -2.63. The zero-order valence-corrected chi connectivity index (χ0v) is 16.9. The van der Waals surface area contributed by atoms with Gasteiger partial charge in [-0.2, -0.15) is 0 Å². The van der Waals surface area contributed by atoms with Gasteiger partial charge in [0.1, 0.15) is 0 Å². The maximum absolute atomic E-state index is 12.9. The molecule has 1 aromatic carbocycles. The number of carbonyl (C=O) groups is 1. The molecule has 0 saturated carbocycles. The van der Waals surface area contributed by atoms with E-state index in [9.17, 15) is 4.79 Å². The highest BCUT2D eigenvalue weighted by atomic mass is 16.6. The van der Waals surface area contributed by atoms with Gasteiger partial charge in [0.2, 0.25) is 6.10 Å². The second-order valence-corrected chi connectivity index (χ2v) is 8.00. The monoisotopic (exact) mass is 380 g/mol. The number of aromatic nitrogens is 1. The molecular formula is C22H28N4O2. The smallest absolute Gasteiger partial charge is 0.266 e. The van der Waals surface area contributed by atoms with Gasteiger partial charge < -0.3 is 14.6 Å². The first-order chi connectivity index (χ1) is 13.5. The summed E-state index contributed by atoms with van der Waals surface area (Å²) < 4.78 is 0. The van der Waals surface area contributed by atoms with E-state index in [1.807, 2.05) is 17.9 Å². The average Bonchev–Trinajstić information content (AvgIpc) is 3.06. The zero-order chi connectivity index (χ0) is 19.7. The number of nitrogens with zero attached hydrogens (tertiary/aromatic N) is 4. The molecule has 1 amide bonds. The number of anilines is 1. The molecule has 0 bridgehead atoms. The van der Waals surface area contributed by atoms with Crippen LogP contribution in [-0.4, -0.2) is 53.8 Å². The van der Waals surface area contributed by atoms with E-state index < -0.39 is 6.10 Å². The highest BCUT2D eigenvalue weighted by molar-refractivity contribution is 5.94. The van der Waals surface area contributed by atoms with Gasteiger partial charge in [0, 0.05) is 49.4 Å². The number of para-hydroxylation sites is 1. The van der Waals surface area contributed by atoms with Crippen molar-refractivity contribution in [3.05, 3.63) is 36.0 Å². The summed E-state index contributed by atoms with van der Waals surface area (Å²) >= 11 is 0. The highest BCUT2D eigenvalue weighted by Crippen LogP contribution is 2.28. The van der Waals surface area contributed by atoms with Crippen molar-refractivity contribution in [2.45, 2.75) is 39.7 Å². The van der Waals surface area contributed by atoms with Crippen molar-refractivity contribution in [2.75, 3.05) is 31.1 Å². The molecule has 0 radical (unpaired) electrons. The predicted molar refractivity (Wildman–Crippen MR) is 112 cm³/mol. The predicted octanol–water partition coefficient (Wildman–Crippen LogP) is 3.38. The standard InChI is InChI=1S/C22H28N4O2/c1-15(2)19-14-21(28-24-19)22(27)26-10-6-9-25(11-12-26)20-13-16(3)23-18-8-5-4-7-17(18)20/h4-5,7-8,13,15,21H,6,9-12,14H2,1-3H3. The number of amides is 1. The van der Waals surface area contributed by atoms with Crippen molar-refractivity contribution in [3.63, 3.8) is 0 Å². The van der Waals surface area contributed by atoms with Crippen LogP contribution in [0.15, 0.2) is 35.5 Å². The number of fused-ring (bicyclic) bond motifs is 1. The average molecular weight is 380 g/mol. The van der Waals surface area contributed by atoms with Gasteiger partial charge in [-0.25, -0.2) is 0 Å². The molecule has 4 rings (SSSR count). The van der Waals surface area contributed by atoms with E-state index in [-0.39, 0.29) is 5.91 Å². The van der Waals surface area contributed by atoms with Crippen molar-refractivity contribution in [3.8, 4) is 0 Å². The fourth-order valence-electron chi connectivity index (χ4n) is 4.00. The first-order valence-electron chi connectivity index (χ1n) is 10.2. The number of hydrogen-bond donors (Lipinski definition) is 0. The summed E-state index contributed by atoms with van der Waals surface area (Å²) in [7, 11) is 0. The van der Waals surface area contributed by atoms with Crippen LogP contribution in [0, 0.1) is 12.8 Å². The number of rotatable bonds is 3. The fraction of sp³-hybridized carbons (Fsp3) is 0.500. The Labute approximate surface area is 166 Å². The van der Waals surface area contributed by atoms with E-state index in [2.05, 4.69) is 53.2 Å². The van der Waals surface area contributed by atoms with Crippen LogP contribution in [0.1, 0.15) is 32.4 Å². The molecule has 0 N–H and O–H groups in total. The van der Waals surface area contributed by atoms with Crippen LogP contribution in [0.25, 0.3) is 10.9 Å². The van der Waals surface area contributed by atoms with Gasteiger partial charge in [-0.1, -0.05) is 37.2 Å². The molecule has 148 valence electrons. The Morgan fingerprint density at radius 3 is 2.79 bits per heavy atom. The van der Waals surface area contributed by atoms with Gasteiger partial charge in [-0.05, 0) is 31.4 Å². The SMILES string of the molecule is Cc1cc(N2CCCN(C(=O)C3CC(C(C)C)=NO3)CC2)c2ccccc2n1. The minimum absolute atomic E-state index is 0.0667. The molecule has 2 aromatic rings. The zero-order valence-electron chi connectivity index (χ0n) is 16.9. The van der Waals surface area contributed by atoms with Gasteiger partial charge in [0.05, 0.1) is 11.2 Å². The summed E-state index contributed by atoms with van der Waals surface area (Å²) in [5, 5.41) is 5.28. The van der Waals surface area contributed by atoms with Crippen LogP contribution < -0.4 is 4.90 Å². The molecule has 28 heavy (non-hydrogen) atoms. The molecule has 2 aliphatic rings. The van der Waals surface area contributed by atoms with E-state index in [0.717, 1.165) is 43.0 Å². The van der Waals surface area contributed by atoms with Crippen LogP contribution in [0.4, 0.5) is 5.69 Å². The van der Waals surface area contributed by atoms with Crippen molar-refractivity contribution in [1.29, 1.82) is 0 Å². The quantitative estimate of drug-likeness (QED) is 0.819. The molecule has 2 aliphatic heterocycles. The molecule has 1 aromatic heterocycles. The molecule has 0 spiro atoms. The summed E-state index contributed by atoms with van der Waals surface area (Å²) in [6, 6.07) is 10.4. The molecular weight excluding hydrogens is 352 g/mol. The van der Waals surface area contributed by atoms with Gasteiger partial charge in [-0.15, -0.1) is 0 Å². The fourth-order valence-corrected chi connectivity index (χ4v) is 4.00. The number of pyridine rings is 1. The summed E-state index contributed by atoms with van der Waals surface area (Å²) in [5.41, 5.74) is 4.23. The maximum Gasteiger partial charge on any atom is 0.266 e. The topological polar surface area (TPSA) is 58.0 Å². The van der Waals surface area contributed by atoms with Crippen LogP contribution in [-0.2, 0) is 9.63 Å². The van der Waals surface area contributed by atoms with Crippen molar-refractivity contribution < 1.29 is 9.63 Å². The molecule has 1 fully saturated rings. The molecule has 0 aliphatic carbocycles. The van der Waals surface area contributed by atoms with E-state index in [1.54, 1.807) is 0 Å². The Bertz CT molecular complexity index is 909. The van der Waals surface area contributed by atoms with Crippen molar-refractivity contribution in [2.24, 2.45) is 11.1 Å². The lowest BCUT2D eigenvalue weighted by Gasteiger charge is -2.26. The highest BCUT2D eigenvalue weighted by Gasteiger charge is 2.33. The van der Waals surface area contributed by atoms with E-state index in [1.165, 1.54) is 11.1 Å². The van der Waals surface area contributed by atoms with Crippen molar-refractivity contribution >= 4 is 28.2 Å². The Morgan fingerprint density at radius 2 is 2.00 bits per heavy atom. The first kappa shape index (κ1) is 18.7. The molecule has 6 heteroatoms. The number of aryl methyl sites for hydroxylation is 1. The van der Waals surface area contributed by atoms with Gasteiger partial charge in [0.25, 0.3) is 5.91 Å². The second kappa shape index (κ2) is 7.78. The Balaban J connectivity index is 1.47. The number of oxime groups is 1. The molecule has 3 heterocycles. The summed E-state index contributed by atoms with van der Waals surface area (Å²) in [5.74, 6) is 0.387. The van der Waals surface area contributed by atoms with E-state index in [4.69, 9.17) is 4.84 Å². The van der Waals surface area contributed by atoms with Crippen LogP contribution in [0.5, 0.6) is 0 Å². The third-order valence-electron chi connectivity index (χ3n) is 5.60. The number of benzene rings is 1. The lowest BCUT2D eigenvalue weighted by molar-refractivity contribution is -0.141. The minimum atomic E-state index is -0.451. The van der Waals surface area contributed by atoms with Crippen LogP contribution in [0.3, 0.4) is 0 Å². The largest absolute Gasteiger partial charge is 0.382 e.